The van der Waals surface area contributed by atoms with Gasteiger partial charge in [-0.2, -0.15) is 0 Å². The van der Waals surface area contributed by atoms with Crippen molar-refractivity contribution >= 4 is 11.7 Å². The van der Waals surface area contributed by atoms with E-state index in [2.05, 4.69) is 43.2 Å². The fourth-order valence-corrected chi connectivity index (χ4v) is 2.85. The van der Waals surface area contributed by atoms with Gasteiger partial charge in [-0.05, 0) is 52.0 Å². The summed E-state index contributed by atoms with van der Waals surface area (Å²) in [6.45, 7) is 10.1. The number of urea groups is 1. The van der Waals surface area contributed by atoms with Crippen molar-refractivity contribution < 1.29 is 9.53 Å². The van der Waals surface area contributed by atoms with Crippen molar-refractivity contribution in [3.8, 4) is 11.5 Å². The summed E-state index contributed by atoms with van der Waals surface area (Å²) in [6.07, 6.45) is 0. The van der Waals surface area contributed by atoms with Gasteiger partial charge in [0.1, 0.15) is 5.75 Å². The molecule has 0 aromatic heterocycles. The number of para-hydroxylation sites is 3. The van der Waals surface area contributed by atoms with Crippen LogP contribution in [0.25, 0.3) is 0 Å². The lowest BCUT2D eigenvalue weighted by molar-refractivity contribution is 0.176. The highest BCUT2D eigenvalue weighted by Crippen LogP contribution is 2.28. The summed E-state index contributed by atoms with van der Waals surface area (Å²) in [4.78, 5) is 14.6. The Morgan fingerprint density at radius 2 is 1.58 bits per heavy atom. The molecule has 0 atom stereocenters. The maximum absolute atomic E-state index is 12.2. The zero-order chi connectivity index (χ0) is 18.9. The third-order valence-corrected chi connectivity index (χ3v) is 4.09. The topological polar surface area (TPSA) is 53.6 Å². The maximum atomic E-state index is 12.2. The minimum absolute atomic E-state index is 0.235. The quantitative estimate of drug-likeness (QED) is 0.720. The van der Waals surface area contributed by atoms with Gasteiger partial charge in [0.05, 0.1) is 5.69 Å². The summed E-state index contributed by atoms with van der Waals surface area (Å²) in [5.41, 5.74) is 0.637. The standard InChI is InChI=1S/C21H29N3O2/c1-16(2)24(17(3)4)15-14-22-21(25)23-19-12-8-9-13-20(19)26-18-10-6-5-7-11-18/h5-13,16-17H,14-15H2,1-4H3,(H2,22,23,25). The molecule has 5 nitrogen and oxygen atoms in total. The SMILES string of the molecule is CC(C)N(CCNC(=O)Nc1ccccc1Oc1ccccc1)C(C)C. The van der Waals surface area contributed by atoms with Gasteiger partial charge < -0.3 is 15.4 Å². The zero-order valence-electron chi connectivity index (χ0n) is 16.0. The monoisotopic (exact) mass is 355 g/mol. The fraction of sp³-hybridized carbons (Fsp3) is 0.381. The predicted molar refractivity (Wildman–Crippen MR) is 107 cm³/mol. The van der Waals surface area contributed by atoms with Crippen LogP contribution >= 0.6 is 0 Å². The molecule has 2 N–H and O–H groups in total. The first-order valence-electron chi connectivity index (χ1n) is 9.10. The van der Waals surface area contributed by atoms with Crippen LogP contribution in [-0.4, -0.2) is 36.1 Å². The van der Waals surface area contributed by atoms with Gasteiger partial charge in [0.2, 0.25) is 0 Å². The van der Waals surface area contributed by atoms with Crippen molar-refractivity contribution in [3.63, 3.8) is 0 Å². The minimum Gasteiger partial charge on any atom is -0.455 e. The predicted octanol–water partition coefficient (Wildman–Crippen LogP) is 4.72. The molecule has 0 spiro atoms. The Hall–Kier alpha value is -2.53. The second kappa shape index (κ2) is 9.82. The molecule has 0 radical (unpaired) electrons. The van der Waals surface area contributed by atoms with E-state index in [1.807, 2.05) is 54.6 Å². The number of benzene rings is 2. The van der Waals surface area contributed by atoms with Crippen LogP contribution in [0.15, 0.2) is 54.6 Å². The number of hydrogen-bond acceptors (Lipinski definition) is 3. The van der Waals surface area contributed by atoms with Gasteiger partial charge in [-0.3, -0.25) is 4.90 Å². The molecule has 2 aromatic carbocycles. The van der Waals surface area contributed by atoms with Crippen molar-refractivity contribution in [2.24, 2.45) is 0 Å². The van der Waals surface area contributed by atoms with Gasteiger partial charge in [0, 0.05) is 25.2 Å². The first-order valence-corrected chi connectivity index (χ1v) is 9.10. The summed E-state index contributed by atoms with van der Waals surface area (Å²) in [7, 11) is 0. The smallest absolute Gasteiger partial charge is 0.319 e. The lowest BCUT2D eigenvalue weighted by Gasteiger charge is -2.30. The van der Waals surface area contributed by atoms with Crippen LogP contribution in [0.2, 0.25) is 0 Å². The first-order chi connectivity index (χ1) is 12.5. The van der Waals surface area contributed by atoms with E-state index in [0.717, 1.165) is 12.3 Å². The highest BCUT2D eigenvalue weighted by Gasteiger charge is 2.13. The Balaban J connectivity index is 1.91. The molecule has 0 heterocycles. The van der Waals surface area contributed by atoms with Gasteiger partial charge in [-0.1, -0.05) is 30.3 Å². The largest absolute Gasteiger partial charge is 0.455 e. The molecular weight excluding hydrogens is 326 g/mol. The number of carbonyl (C=O) groups is 1. The molecule has 2 aromatic rings. The van der Waals surface area contributed by atoms with Gasteiger partial charge in [-0.25, -0.2) is 4.79 Å². The molecule has 2 amide bonds. The van der Waals surface area contributed by atoms with Crippen LogP contribution in [0.1, 0.15) is 27.7 Å². The Kier molecular flexibility index (Phi) is 7.48. The van der Waals surface area contributed by atoms with Crippen molar-refractivity contribution in [1.29, 1.82) is 0 Å². The van der Waals surface area contributed by atoms with Crippen LogP contribution in [0.5, 0.6) is 11.5 Å². The van der Waals surface area contributed by atoms with E-state index in [1.165, 1.54) is 0 Å². The minimum atomic E-state index is -0.235. The first kappa shape index (κ1) is 19.8. The molecule has 5 heteroatoms. The van der Waals surface area contributed by atoms with Crippen molar-refractivity contribution in [3.05, 3.63) is 54.6 Å². The Labute approximate surface area is 156 Å². The van der Waals surface area contributed by atoms with Crippen molar-refractivity contribution in [2.75, 3.05) is 18.4 Å². The van der Waals surface area contributed by atoms with E-state index in [1.54, 1.807) is 0 Å². The van der Waals surface area contributed by atoms with Gasteiger partial charge in [-0.15, -0.1) is 0 Å². The normalized spacial score (nSPS) is 11.0. The summed E-state index contributed by atoms with van der Waals surface area (Å²) in [5, 5.41) is 5.78. The average Bonchev–Trinajstić information content (AvgIpc) is 2.60. The van der Waals surface area contributed by atoms with Crippen LogP contribution in [0.3, 0.4) is 0 Å². The van der Waals surface area contributed by atoms with Gasteiger partial charge in [0.25, 0.3) is 0 Å². The molecule has 26 heavy (non-hydrogen) atoms. The summed E-state index contributed by atoms with van der Waals surface area (Å²) in [6, 6.07) is 17.6. The lowest BCUT2D eigenvalue weighted by Crippen LogP contribution is -2.43. The molecule has 0 bridgehead atoms. The Morgan fingerprint density at radius 3 is 2.23 bits per heavy atom. The van der Waals surface area contributed by atoms with E-state index in [4.69, 9.17) is 4.74 Å². The zero-order valence-corrected chi connectivity index (χ0v) is 16.0. The molecule has 0 fully saturated rings. The molecular formula is C21H29N3O2. The van der Waals surface area contributed by atoms with Crippen molar-refractivity contribution in [1.82, 2.24) is 10.2 Å². The summed E-state index contributed by atoms with van der Waals surface area (Å²) in [5.74, 6) is 1.34. The number of anilines is 1. The van der Waals surface area contributed by atoms with Crippen molar-refractivity contribution in [2.45, 2.75) is 39.8 Å². The molecule has 2 rings (SSSR count). The van der Waals surface area contributed by atoms with E-state index >= 15 is 0 Å². The number of nitrogens with zero attached hydrogens (tertiary/aromatic N) is 1. The number of carbonyl (C=O) groups excluding carboxylic acids is 1. The van der Waals surface area contributed by atoms with Gasteiger partial charge >= 0.3 is 6.03 Å². The number of rotatable bonds is 8. The maximum Gasteiger partial charge on any atom is 0.319 e. The Bertz CT molecular complexity index is 679. The molecule has 0 aliphatic rings. The summed E-state index contributed by atoms with van der Waals surface area (Å²) >= 11 is 0. The van der Waals surface area contributed by atoms with E-state index in [-0.39, 0.29) is 6.03 Å². The number of hydrogen-bond donors (Lipinski definition) is 2. The molecule has 0 saturated carbocycles. The van der Waals surface area contributed by atoms with Crippen LogP contribution in [-0.2, 0) is 0 Å². The highest BCUT2D eigenvalue weighted by atomic mass is 16.5. The molecule has 0 aliphatic heterocycles. The number of nitrogens with one attached hydrogen (secondary N) is 2. The van der Waals surface area contributed by atoms with Crippen LogP contribution in [0, 0.1) is 0 Å². The van der Waals surface area contributed by atoms with Crippen LogP contribution < -0.4 is 15.4 Å². The Morgan fingerprint density at radius 1 is 0.962 bits per heavy atom. The number of ether oxygens (including phenoxy) is 1. The molecule has 140 valence electrons. The van der Waals surface area contributed by atoms with Crippen LogP contribution in [0.4, 0.5) is 10.5 Å². The fourth-order valence-electron chi connectivity index (χ4n) is 2.85. The van der Waals surface area contributed by atoms with E-state index < -0.39 is 0 Å². The highest BCUT2D eigenvalue weighted by molar-refractivity contribution is 5.90. The van der Waals surface area contributed by atoms with Gasteiger partial charge in [0.15, 0.2) is 5.75 Å². The second-order valence-electron chi connectivity index (χ2n) is 6.72. The van der Waals surface area contributed by atoms with E-state index in [9.17, 15) is 4.79 Å². The molecule has 0 aliphatic carbocycles. The molecule has 0 unspecified atom stereocenters. The third kappa shape index (κ3) is 6.08. The summed E-state index contributed by atoms with van der Waals surface area (Å²) < 4.78 is 5.87. The molecule has 0 saturated heterocycles. The lowest BCUT2D eigenvalue weighted by atomic mass is 10.2. The average molecular weight is 355 g/mol. The second-order valence-corrected chi connectivity index (χ2v) is 6.72. The third-order valence-electron chi connectivity index (χ3n) is 4.09. The van der Waals surface area contributed by atoms with E-state index in [0.29, 0.717) is 30.1 Å². The number of amides is 2.